The molecule has 21 nitrogen and oxygen atoms in total. The van der Waals surface area contributed by atoms with E-state index in [0.29, 0.717) is 5.56 Å². The Labute approximate surface area is 358 Å². The van der Waals surface area contributed by atoms with Crippen molar-refractivity contribution in [1.82, 2.24) is 36.9 Å². The molecule has 336 valence electrons. The van der Waals surface area contributed by atoms with Crippen LogP contribution in [0, 0.1) is 5.92 Å². The van der Waals surface area contributed by atoms with E-state index in [9.17, 15) is 38.4 Å². The van der Waals surface area contributed by atoms with E-state index in [-0.39, 0.29) is 63.4 Å². The van der Waals surface area contributed by atoms with Crippen LogP contribution in [0.3, 0.4) is 0 Å². The number of hydrogen-bond acceptors (Lipinski definition) is 10. The number of nitrogens with two attached hydrogens (primary N) is 4. The highest BCUT2D eigenvalue weighted by atomic mass is 16.4. The number of nitrogens with one attached hydrogen (secondary N) is 7. The number of para-hydroxylation sites is 1. The van der Waals surface area contributed by atoms with Crippen LogP contribution in [0.2, 0.25) is 0 Å². The predicted octanol–water partition coefficient (Wildman–Crippen LogP) is -2.10. The number of benzene rings is 2. The van der Waals surface area contributed by atoms with Gasteiger partial charge in [-0.25, -0.2) is 0 Å². The average Bonchev–Trinajstić information content (AvgIpc) is 3.63. The Morgan fingerprint density at radius 2 is 1.32 bits per heavy atom. The molecule has 0 aliphatic carbocycles. The van der Waals surface area contributed by atoms with Crippen LogP contribution in [0.5, 0.6) is 0 Å². The quantitative estimate of drug-likeness (QED) is 0.0235. The number of H-pyrrole nitrogens is 1. The number of guanidine groups is 1. The van der Waals surface area contributed by atoms with Crippen molar-refractivity contribution >= 4 is 64.2 Å². The highest BCUT2D eigenvalue weighted by molar-refractivity contribution is 5.96. The molecule has 16 N–H and O–H groups in total. The molecule has 0 aliphatic heterocycles. The molecule has 7 amide bonds. The van der Waals surface area contributed by atoms with Crippen molar-refractivity contribution < 1.29 is 43.5 Å². The Kier molecular flexibility index (Phi) is 19.8. The van der Waals surface area contributed by atoms with Gasteiger partial charge in [-0.3, -0.25) is 43.3 Å². The number of aliphatic carboxylic acids is 1. The molecule has 0 aliphatic rings. The maximum absolute atomic E-state index is 13.8. The summed E-state index contributed by atoms with van der Waals surface area (Å²) in [5.74, 6) is -6.65. The molecule has 1 aromatic heterocycles. The number of carboxylic acid groups (broad SMARTS) is 1. The van der Waals surface area contributed by atoms with E-state index >= 15 is 0 Å². The van der Waals surface area contributed by atoms with Crippen molar-refractivity contribution in [3.05, 3.63) is 71.9 Å². The first kappa shape index (κ1) is 49.3. The van der Waals surface area contributed by atoms with Gasteiger partial charge < -0.3 is 64.9 Å². The van der Waals surface area contributed by atoms with E-state index in [2.05, 4.69) is 41.9 Å². The van der Waals surface area contributed by atoms with E-state index in [0.717, 1.165) is 16.5 Å². The van der Waals surface area contributed by atoms with Crippen molar-refractivity contribution in [2.75, 3.05) is 19.6 Å². The summed E-state index contributed by atoms with van der Waals surface area (Å²) in [6.07, 6.45) is 1.71. The second-order valence-electron chi connectivity index (χ2n) is 15.1. The molecular formula is C41H58N12O9. The molecule has 21 heteroatoms. The van der Waals surface area contributed by atoms with E-state index in [1.807, 2.05) is 38.1 Å². The number of carboxylic acids is 1. The summed E-state index contributed by atoms with van der Waals surface area (Å²) in [5.41, 5.74) is 24.5. The normalized spacial score (nSPS) is 13.4. The number of primary amides is 1. The Balaban J connectivity index is 1.64. The molecule has 0 saturated carbocycles. The summed E-state index contributed by atoms with van der Waals surface area (Å²) in [4.78, 5) is 110. The van der Waals surface area contributed by atoms with Crippen LogP contribution < -0.4 is 54.8 Å². The van der Waals surface area contributed by atoms with Gasteiger partial charge in [0, 0.05) is 42.9 Å². The molecule has 3 aromatic rings. The zero-order valence-corrected chi connectivity index (χ0v) is 34.8. The lowest BCUT2D eigenvalue weighted by Gasteiger charge is -2.25. The Bertz CT molecular complexity index is 2050. The first-order valence-corrected chi connectivity index (χ1v) is 20.1. The molecule has 3 rings (SSSR count). The number of hydrogen-bond donors (Lipinski definition) is 12. The monoisotopic (exact) mass is 862 g/mol. The molecule has 62 heavy (non-hydrogen) atoms. The van der Waals surface area contributed by atoms with Crippen LogP contribution >= 0.6 is 0 Å². The van der Waals surface area contributed by atoms with Gasteiger partial charge in [-0.05, 0) is 48.8 Å². The molecule has 1 heterocycles. The second-order valence-corrected chi connectivity index (χ2v) is 15.1. The van der Waals surface area contributed by atoms with Crippen molar-refractivity contribution in [3.8, 4) is 0 Å². The summed E-state index contributed by atoms with van der Waals surface area (Å²) < 4.78 is 0. The van der Waals surface area contributed by atoms with Gasteiger partial charge in [0.25, 0.3) is 0 Å². The minimum Gasteiger partial charge on any atom is -0.481 e. The van der Waals surface area contributed by atoms with Crippen LogP contribution in [-0.2, 0) is 51.2 Å². The van der Waals surface area contributed by atoms with Gasteiger partial charge in [-0.2, -0.15) is 0 Å². The van der Waals surface area contributed by atoms with Crippen LogP contribution in [0.4, 0.5) is 0 Å². The SMILES string of the molecule is CC(C)C[C@H](NC(=O)[C@H](Cc1c[nH]c2ccccc12)NC(=O)[C@@H](N)CCC(=O)O)C(=O)NCC(=O)NCC(=O)N[C@@H](CCCN=C(N)N)C(=O)N[C@@H](Cc1ccccc1)C(N)=O. The fourth-order valence-corrected chi connectivity index (χ4v) is 6.29. The van der Waals surface area contributed by atoms with Crippen molar-refractivity contribution in [1.29, 1.82) is 0 Å². The number of rotatable bonds is 26. The first-order chi connectivity index (χ1) is 29.4. The molecule has 0 radical (unpaired) electrons. The zero-order valence-electron chi connectivity index (χ0n) is 34.8. The third-order valence-electron chi connectivity index (χ3n) is 9.49. The number of nitrogens with zero attached hydrogens (tertiary/aromatic N) is 1. The smallest absolute Gasteiger partial charge is 0.303 e. The largest absolute Gasteiger partial charge is 0.481 e. The van der Waals surface area contributed by atoms with E-state index in [1.165, 1.54) is 0 Å². The molecule has 5 atom stereocenters. The fourth-order valence-electron chi connectivity index (χ4n) is 6.29. The van der Waals surface area contributed by atoms with Gasteiger partial charge in [0.1, 0.15) is 24.2 Å². The lowest BCUT2D eigenvalue weighted by Crippen LogP contribution is -2.57. The van der Waals surface area contributed by atoms with Crippen LogP contribution in [-0.4, -0.2) is 113 Å². The van der Waals surface area contributed by atoms with Gasteiger partial charge in [0.2, 0.25) is 41.4 Å². The number of carbonyl (C=O) groups excluding carboxylic acids is 7. The summed E-state index contributed by atoms with van der Waals surface area (Å²) in [5, 5.41) is 25.1. The van der Waals surface area contributed by atoms with Crippen LogP contribution in [0.15, 0.2) is 65.8 Å². The molecule has 0 fully saturated rings. The lowest BCUT2D eigenvalue weighted by atomic mass is 10.0. The average molecular weight is 863 g/mol. The van der Waals surface area contributed by atoms with Crippen LogP contribution in [0.25, 0.3) is 10.9 Å². The highest BCUT2D eigenvalue weighted by Gasteiger charge is 2.30. The summed E-state index contributed by atoms with van der Waals surface area (Å²) in [6.45, 7) is 2.59. The lowest BCUT2D eigenvalue weighted by molar-refractivity contribution is -0.137. The van der Waals surface area contributed by atoms with Gasteiger partial charge in [-0.15, -0.1) is 0 Å². The van der Waals surface area contributed by atoms with Gasteiger partial charge >= 0.3 is 5.97 Å². The molecule has 0 bridgehead atoms. The third kappa shape index (κ3) is 17.3. The maximum Gasteiger partial charge on any atom is 0.303 e. The fraction of sp³-hybridized carbons (Fsp3) is 0.439. The van der Waals surface area contributed by atoms with E-state index < -0.39 is 90.6 Å². The number of carbonyl (C=O) groups is 8. The van der Waals surface area contributed by atoms with Crippen molar-refractivity contribution in [3.63, 3.8) is 0 Å². The predicted molar refractivity (Wildman–Crippen MR) is 229 cm³/mol. The zero-order chi connectivity index (χ0) is 45.8. The number of fused-ring (bicyclic) bond motifs is 1. The van der Waals surface area contributed by atoms with Crippen LogP contribution in [0.1, 0.15) is 57.1 Å². The first-order valence-electron chi connectivity index (χ1n) is 20.1. The van der Waals surface area contributed by atoms with E-state index in [4.69, 9.17) is 28.0 Å². The summed E-state index contributed by atoms with van der Waals surface area (Å²) in [7, 11) is 0. The highest BCUT2D eigenvalue weighted by Crippen LogP contribution is 2.20. The third-order valence-corrected chi connectivity index (χ3v) is 9.49. The molecule has 2 aromatic carbocycles. The standard InChI is InChI=1S/C41H58N12O9/c1-23(2)17-31(53-40(62)32(52-37(59)27(42)14-15-35(56)57)19-25-20-47-28-12-7-6-11-26(25)28)38(60)49-21-33(54)48-22-34(55)50-29(13-8-16-46-41(44)45)39(61)51-30(36(43)58)18-24-9-4-3-5-10-24/h3-7,9-12,20,23,27,29-32,47H,8,13-19,21-22,42H2,1-2H3,(H2,43,58)(H,48,54)(H,49,60)(H,50,55)(H,51,61)(H,52,59)(H,53,62)(H,56,57)(H4,44,45,46)/t27-,29-,30-,31-,32-/m0/s1. The Hall–Kier alpha value is -7.03. The molecule has 0 unspecified atom stereocenters. The number of aromatic amines is 1. The number of aliphatic imine (C=N–C) groups is 1. The topological polar surface area (TPSA) is 361 Å². The molecule has 0 spiro atoms. The van der Waals surface area contributed by atoms with Gasteiger partial charge in [0.05, 0.1) is 19.1 Å². The second kappa shape index (κ2) is 24.9. The number of amides is 7. The molecule has 0 saturated heterocycles. The maximum atomic E-state index is 13.8. The van der Waals surface area contributed by atoms with Crippen molar-refractivity contribution in [2.24, 2.45) is 33.8 Å². The van der Waals surface area contributed by atoms with Gasteiger partial charge in [-0.1, -0.05) is 62.4 Å². The van der Waals surface area contributed by atoms with Crippen molar-refractivity contribution in [2.45, 2.75) is 89.0 Å². The minimum atomic E-state index is -1.23. The Morgan fingerprint density at radius 3 is 1.98 bits per heavy atom. The minimum absolute atomic E-state index is 0.00801. The molecular weight excluding hydrogens is 805 g/mol. The summed E-state index contributed by atoms with van der Waals surface area (Å²) >= 11 is 0. The Morgan fingerprint density at radius 1 is 0.694 bits per heavy atom. The number of aromatic nitrogens is 1. The van der Waals surface area contributed by atoms with Gasteiger partial charge in [0.15, 0.2) is 5.96 Å². The summed E-state index contributed by atoms with van der Waals surface area (Å²) in [6, 6.07) is 10.3. The van der Waals surface area contributed by atoms with E-state index in [1.54, 1.807) is 36.5 Å².